The monoisotopic (exact) mass is 603 g/mol. The van der Waals surface area contributed by atoms with E-state index >= 15 is 0 Å². The van der Waals surface area contributed by atoms with Gasteiger partial charge in [-0.15, -0.1) is 12.8 Å². The van der Waals surface area contributed by atoms with E-state index in [1.807, 2.05) is 41.5 Å². The summed E-state index contributed by atoms with van der Waals surface area (Å²) in [6, 6.07) is 4.31. The Labute approximate surface area is 246 Å². The highest BCUT2D eigenvalue weighted by Crippen LogP contribution is 2.48. The molecule has 0 saturated carbocycles. The molecular weight excluding hydrogens is 554 g/mol. The van der Waals surface area contributed by atoms with Crippen LogP contribution in [0, 0.1) is 12.8 Å². The first kappa shape index (κ1) is 37.2. The first-order valence-electron chi connectivity index (χ1n) is 14.2. The van der Waals surface area contributed by atoms with Crippen LogP contribution in [0.2, 0.25) is 0 Å². The molecule has 1 heterocycles. The maximum absolute atomic E-state index is 13.9. The van der Waals surface area contributed by atoms with Crippen molar-refractivity contribution in [3.8, 4) is 18.6 Å². The highest BCUT2D eigenvalue weighted by molar-refractivity contribution is 7.41. The maximum Gasteiger partial charge on any atom is 0.419 e. The van der Waals surface area contributed by atoms with E-state index in [2.05, 4.69) is 24.8 Å². The largest absolute Gasteiger partial charge is 0.493 e. The molecule has 0 N–H and O–H groups in total. The molecule has 1 atom stereocenters. The fraction of sp³-hybridized carbons (Fsp3) is 0.710. The van der Waals surface area contributed by atoms with E-state index in [0.29, 0.717) is 24.3 Å². The van der Waals surface area contributed by atoms with Gasteiger partial charge in [0.15, 0.2) is 5.90 Å². The van der Waals surface area contributed by atoms with Crippen molar-refractivity contribution in [2.75, 3.05) is 19.8 Å². The molecule has 10 heteroatoms. The van der Waals surface area contributed by atoms with E-state index in [4.69, 9.17) is 23.0 Å². The topological polar surface area (TPSA) is 58.5 Å². The third-order valence-corrected chi connectivity index (χ3v) is 7.55. The van der Waals surface area contributed by atoms with Crippen molar-refractivity contribution in [2.24, 2.45) is 4.99 Å². The highest BCUT2D eigenvalue weighted by atomic mass is 31.2. The zero-order valence-corrected chi connectivity index (χ0v) is 26.9. The predicted octanol–water partition coefficient (Wildman–Crippen LogP) is 9.30. The average molecular weight is 604 g/mol. The van der Waals surface area contributed by atoms with E-state index in [1.165, 1.54) is 12.1 Å². The van der Waals surface area contributed by atoms with Crippen LogP contribution in [0.1, 0.15) is 105 Å². The van der Waals surface area contributed by atoms with Gasteiger partial charge in [0.2, 0.25) is 0 Å². The lowest BCUT2D eigenvalue weighted by Crippen LogP contribution is -2.35. The van der Waals surface area contributed by atoms with Crippen LogP contribution in [0.25, 0.3) is 0 Å². The van der Waals surface area contributed by atoms with Crippen LogP contribution in [0.3, 0.4) is 0 Å². The van der Waals surface area contributed by atoms with E-state index in [0.717, 1.165) is 32.1 Å². The molecule has 0 bridgehead atoms. The summed E-state index contributed by atoms with van der Waals surface area (Å²) >= 11 is 0. The SMILES string of the molecule is C#C.CCCCCCCOc1ccc(CCC2(COP(OC(C)(C)C)OC(C)(C)C)COC(C)=N2)cc1C(F)(F)F. The molecule has 41 heavy (non-hydrogen) atoms. The van der Waals surface area contributed by atoms with E-state index < -0.39 is 37.1 Å². The average Bonchev–Trinajstić information content (AvgIpc) is 3.23. The molecule has 0 saturated heterocycles. The fourth-order valence-electron chi connectivity index (χ4n) is 3.95. The molecule has 1 aliphatic rings. The molecule has 1 aromatic rings. The summed E-state index contributed by atoms with van der Waals surface area (Å²) in [5.74, 6) is 0.400. The number of hydrogen-bond acceptors (Lipinski definition) is 6. The van der Waals surface area contributed by atoms with Gasteiger partial charge in [0.25, 0.3) is 0 Å². The third-order valence-electron chi connectivity index (χ3n) is 5.81. The Hall–Kier alpha value is -1.85. The van der Waals surface area contributed by atoms with Crippen molar-refractivity contribution in [1.82, 2.24) is 0 Å². The van der Waals surface area contributed by atoms with Gasteiger partial charge in [-0.2, -0.15) is 13.2 Å². The van der Waals surface area contributed by atoms with Crippen LogP contribution in [-0.4, -0.2) is 42.5 Å². The summed E-state index contributed by atoms with van der Waals surface area (Å²) in [7, 11) is -1.69. The number of halogens is 3. The van der Waals surface area contributed by atoms with Gasteiger partial charge >= 0.3 is 14.8 Å². The normalized spacial score (nSPS) is 17.6. The highest BCUT2D eigenvalue weighted by Gasteiger charge is 2.39. The Balaban J connectivity index is 0.00000411. The summed E-state index contributed by atoms with van der Waals surface area (Å²) in [6.45, 7) is 16.1. The maximum atomic E-state index is 13.9. The van der Waals surface area contributed by atoms with E-state index in [1.54, 1.807) is 13.0 Å². The second-order valence-electron chi connectivity index (χ2n) is 12.1. The third kappa shape index (κ3) is 14.7. The number of hydrogen-bond donors (Lipinski definition) is 0. The number of rotatable bonds is 15. The van der Waals surface area contributed by atoms with Gasteiger partial charge in [-0.1, -0.05) is 38.7 Å². The minimum absolute atomic E-state index is 0.123. The van der Waals surface area contributed by atoms with Crippen LogP contribution in [-0.2, 0) is 30.9 Å². The molecule has 234 valence electrons. The van der Waals surface area contributed by atoms with Gasteiger partial charge in [0, 0.05) is 6.92 Å². The number of aryl methyl sites for hydroxylation is 1. The van der Waals surface area contributed by atoms with Crippen molar-refractivity contribution in [1.29, 1.82) is 0 Å². The van der Waals surface area contributed by atoms with Gasteiger partial charge in [-0.3, -0.25) is 0 Å². The number of alkyl halides is 3. The Morgan fingerprint density at radius 1 is 0.976 bits per heavy atom. The molecule has 0 amide bonds. The summed E-state index contributed by atoms with van der Waals surface area (Å²) in [5, 5.41) is 0. The number of ether oxygens (including phenoxy) is 2. The van der Waals surface area contributed by atoms with Gasteiger partial charge in [-0.05, 0) is 78.5 Å². The first-order valence-corrected chi connectivity index (χ1v) is 15.3. The second kappa shape index (κ2) is 16.7. The minimum atomic E-state index is -4.51. The van der Waals surface area contributed by atoms with Crippen molar-refractivity contribution in [3.05, 3.63) is 29.3 Å². The lowest BCUT2D eigenvalue weighted by molar-refractivity contribution is -0.139. The van der Waals surface area contributed by atoms with Crippen molar-refractivity contribution in [3.63, 3.8) is 0 Å². The number of nitrogens with zero attached hydrogens (tertiary/aromatic N) is 1. The minimum Gasteiger partial charge on any atom is -0.493 e. The van der Waals surface area contributed by atoms with Crippen molar-refractivity contribution < 1.29 is 36.2 Å². The van der Waals surface area contributed by atoms with Crippen molar-refractivity contribution in [2.45, 2.75) is 123 Å². The molecule has 2 rings (SSSR count). The smallest absolute Gasteiger partial charge is 0.419 e. The molecule has 1 unspecified atom stereocenters. The summed E-state index contributed by atoms with van der Waals surface area (Å²) in [5.41, 5.74) is -1.91. The Morgan fingerprint density at radius 3 is 2.10 bits per heavy atom. The number of benzene rings is 1. The Morgan fingerprint density at radius 2 is 1.59 bits per heavy atom. The zero-order chi connectivity index (χ0) is 31.3. The first-order chi connectivity index (χ1) is 19.0. The Bertz CT molecular complexity index is 953. The van der Waals surface area contributed by atoms with Crippen LogP contribution < -0.4 is 4.74 Å². The van der Waals surface area contributed by atoms with Crippen LogP contribution in [0.4, 0.5) is 13.2 Å². The van der Waals surface area contributed by atoms with E-state index in [-0.39, 0.29) is 25.6 Å². The summed E-state index contributed by atoms with van der Waals surface area (Å²) in [4.78, 5) is 4.68. The molecule has 0 aliphatic carbocycles. The lowest BCUT2D eigenvalue weighted by atomic mass is 9.93. The standard InChI is InChI=1S/C29H47F3NO5P.C2H2/c1-9-10-11-12-13-18-34-25-15-14-23(19-24(25)29(30,31)32)16-17-28(20-35-22(2)33-28)21-36-39(37-26(3,4)5)38-27(6,7)8;1-2/h14-15,19H,9-13,16-18,20-21H2,1-8H3;1-2H. The Kier molecular flexibility index (Phi) is 15.1. The molecule has 0 fully saturated rings. The zero-order valence-electron chi connectivity index (χ0n) is 26.0. The lowest BCUT2D eigenvalue weighted by Gasteiger charge is -2.32. The number of terminal acetylenes is 1. The van der Waals surface area contributed by atoms with Crippen LogP contribution >= 0.6 is 8.60 Å². The molecule has 0 spiro atoms. The van der Waals surface area contributed by atoms with Crippen molar-refractivity contribution >= 4 is 14.5 Å². The predicted molar refractivity (Wildman–Crippen MR) is 160 cm³/mol. The van der Waals surface area contributed by atoms with Gasteiger partial charge in [-0.25, -0.2) is 4.99 Å². The van der Waals surface area contributed by atoms with E-state index in [9.17, 15) is 13.2 Å². The van der Waals surface area contributed by atoms with Gasteiger partial charge < -0.3 is 23.0 Å². The molecule has 0 radical (unpaired) electrons. The number of aliphatic imine (C=N–C) groups is 1. The molecule has 1 aliphatic heterocycles. The molecular formula is C31H49F3NO5P. The molecule has 1 aromatic carbocycles. The summed E-state index contributed by atoms with van der Waals surface area (Å²) < 4.78 is 71.0. The molecule has 0 aromatic heterocycles. The summed E-state index contributed by atoms with van der Waals surface area (Å²) in [6.07, 6.45) is 9.27. The van der Waals surface area contributed by atoms with Crippen LogP contribution in [0.5, 0.6) is 5.75 Å². The fourth-order valence-corrected chi connectivity index (χ4v) is 5.33. The van der Waals surface area contributed by atoms with Gasteiger partial charge in [0.1, 0.15) is 17.9 Å². The second-order valence-corrected chi connectivity index (χ2v) is 13.2. The number of unbranched alkanes of at least 4 members (excludes halogenated alkanes) is 4. The quantitative estimate of drug-likeness (QED) is 0.114. The molecule has 6 nitrogen and oxygen atoms in total. The van der Waals surface area contributed by atoms with Crippen LogP contribution in [0.15, 0.2) is 23.2 Å². The van der Waals surface area contributed by atoms with Gasteiger partial charge in [0.05, 0.1) is 30.0 Å².